The van der Waals surface area contributed by atoms with E-state index in [1.807, 2.05) is 24.3 Å². The van der Waals surface area contributed by atoms with Gasteiger partial charge in [-0.05, 0) is 41.1 Å². The molecule has 0 radical (unpaired) electrons. The number of aromatic nitrogens is 2. The van der Waals surface area contributed by atoms with Crippen molar-refractivity contribution in [3.63, 3.8) is 0 Å². The average Bonchev–Trinajstić information content (AvgIpc) is 3.36. The van der Waals surface area contributed by atoms with Crippen molar-refractivity contribution in [3.05, 3.63) is 66.6 Å². The number of carbonyl (C=O) groups is 1. The highest BCUT2D eigenvalue weighted by Gasteiger charge is 2.25. The van der Waals surface area contributed by atoms with Crippen molar-refractivity contribution in [2.75, 3.05) is 34.9 Å². The summed E-state index contributed by atoms with van der Waals surface area (Å²) in [4.78, 5) is 14.2. The zero-order valence-corrected chi connectivity index (χ0v) is 21.2. The molecule has 0 saturated carbocycles. The third-order valence-electron chi connectivity index (χ3n) is 5.68. The lowest BCUT2D eigenvalue weighted by molar-refractivity contribution is -0.130. The first-order chi connectivity index (χ1) is 17.2. The molecule has 0 saturated heterocycles. The number of benzene rings is 3. The van der Waals surface area contributed by atoms with E-state index in [9.17, 15) is 13.2 Å². The van der Waals surface area contributed by atoms with E-state index in [0.717, 1.165) is 15.1 Å². The van der Waals surface area contributed by atoms with Crippen LogP contribution in [0.4, 0.5) is 0 Å². The summed E-state index contributed by atoms with van der Waals surface area (Å²) < 4.78 is 43.3. The van der Waals surface area contributed by atoms with Gasteiger partial charge in [0.25, 0.3) is 0 Å². The SMILES string of the molecule is COc1ccc(-c2nnc(CN(C)C(=O)CN(C)S(=O)(=O)c3ccc4ccccc4c3)o2)cc1OC. The van der Waals surface area contributed by atoms with Crippen LogP contribution in [0.2, 0.25) is 0 Å². The number of fused-ring (bicyclic) bond motifs is 1. The fraction of sp³-hybridized carbons (Fsp3) is 0.240. The van der Waals surface area contributed by atoms with Gasteiger partial charge in [-0.25, -0.2) is 8.42 Å². The van der Waals surface area contributed by atoms with Crippen molar-refractivity contribution in [1.82, 2.24) is 19.4 Å². The monoisotopic (exact) mass is 510 g/mol. The maximum Gasteiger partial charge on any atom is 0.247 e. The van der Waals surface area contributed by atoms with Gasteiger partial charge in [-0.3, -0.25) is 4.79 Å². The van der Waals surface area contributed by atoms with Crippen LogP contribution in [0.5, 0.6) is 11.5 Å². The van der Waals surface area contributed by atoms with E-state index in [4.69, 9.17) is 13.9 Å². The molecule has 0 atom stereocenters. The topological polar surface area (TPSA) is 115 Å². The number of hydrogen-bond acceptors (Lipinski definition) is 8. The Balaban J connectivity index is 1.42. The van der Waals surface area contributed by atoms with E-state index in [1.54, 1.807) is 44.5 Å². The third-order valence-corrected chi connectivity index (χ3v) is 7.48. The van der Waals surface area contributed by atoms with Gasteiger partial charge in [-0.2, -0.15) is 4.31 Å². The van der Waals surface area contributed by atoms with Crippen molar-refractivity contribution in [2.24, 2.45) is 0 Å². The average molecular weight is 511 g/mol. The highest BCUT2D eigenvalue weighted by molar-refractivity contribution is 7.89. The van der Waals surface area contributed by atoms with E-state index < -0.39 is 15.9 Å². The number of sulfonamides is 1. The lowest BCUT2D eigenvalue weighted by atomic mass is 10.1. The van der Waals surface area contributed by atoms with E-state index in [0.29, 0.717) is 17.1 Å². The molecule has 4 rings (SSSR count). The maximum atomic E-state index is 13.0. The van der Waals surface area contributed by atoms with Gasteiger partial charge >= 0.3 is 0 Å². The zero-order valence-electron chi connectivity index (χ0n) is 20.3. The Morgan fingerprint density at radius 3 is 2.36 bits per heavy atom. The van der Waals surface area contributed by atoms with Crippen molar-refractivity contribution in [3.8, 4) is 23.0 Å². The minimum atomic E-state index is -3.86. The molecule has 0 aliphatic rings. The van der Waals surface area contributed by atoms with E-state index >= 15 is 0 Å². The van der Waals surface area contributed by atoms with E-state index in [2.05, 4.69) is 10.2 Å². The molecule has 1 amide bonds. The molecule has 4 aromatic rings. The molecule has 0 spiro atoms. The summed E-state index contributed by atoms with van der Waals surface area (Å²) in [5.41, 5.74) is 0.626. The van der Waals surface area contributed by atoms with Gasteiger partial charge < -0.3 is 18.8 Å². The second-order valence-electron chi connectivity index (χ2n) is 8.09. The summed E-state index contributed by atoms with van der Waals surface area (Å²) in [6.45, 7) is -0.328. The smallest absolute Gasteiger partial charge is 0.247 e. The Hall–Kier alpha value is -3.96. The molecule has 0 unspecified atom stereocenters. The normalized spacial score (nSPS) is 11.6. The van der Waals surface area contributed by atoms with Crippen LogP contribution in [-0.2, 0) is 21.4 Å². The van der Waals surface area contributed by atoms with Crippen molar-refractivity contribution < 1.29 is 27.1 Å². The Labute approximate surface area is 209 Å². The molecule has 0 N–H and O–H groups in total. The molecule has 11 heteroatoms. The first-order valence-corrected chi connectivity index (χ1v) is 12.4. The third kappa shape index (κ3) is 5.16. The van der Waals surface area contributed by atoms with E-state index in [-0.39, 0.29) is 29.8 Å². The summed E-state index contributed by atoms with van der Waals surface area (Å²) in [5, 5.41) is 9.78. The van der Waals surface area contributed by atoms with Gasteiger partial charge in [0.1, 0.15) is 0 Å². The summed E-state index contributed by atoms with van der Waals surface area (Å²) in [5.74, 6) is 1.11. The first-order valence-electron chi connectivity index (χ1n) is 11.0. The van der Waals surface area contributed by atoms with Crippen LogP contribution in [0.25, 0.3) is 22.2 Å². The Morgan fingerprint density at radius 2 is 1.64 bits per heavy atom. The van der Waals surface area contributed by atoms with Gasteiger partial charge in [-0.15, -0.1) is 10.2 Å². The largest absolute Gasteiger partial charge is 0.493 e. The summed E-state index contributed by atoms with van der Waals surface area (Å²) in [6, 6.07) is 17.5. The molecule has 0 bridgehead atoms. The summed E-state index contributed by atoms with van der Waals surface area (Å²) in [7, 11) is 2.12. The fourth-order valence-corrected chi connectivity index (χ4v) is 4.75. The van der Waals surface area contributed by atoms with Crippen LogP contribution in [0.1, 0.15) is 5.89 Å². The Bertz CT molecular complexity index is 1500. The number of carbonyl (C=O) groups excluding carboxylic acids is 1. The standard InChI is InChI=1S/C25H26N4O6S/c1-28(15-23-26-27-25(35-23)19-10-12-21(33-3)22(14-19)34-4)24(30)16-29(2)36(31,32)20-11-9-17-7-5-6-8-18(17)13-20/h5-14H,15-16H2,1-4H3. The molecular formula is C25H26N4O6S. The van der Waals surface area contributed by atoms with Crippen LogP contribution in [0.3, 0.4) is 0 Å². The lowest BCUT2D eigenvalue weighted by Gasteiger charge is -2.21. The summed E-state index contributed by atoms with van der Waals surface area (Å²) in [6.07, 6.45) is 0. The first kappa shape index (κ1) is 25.1. The fourth-order valence-electron chi connectivity index (χ4n) is 3.60. The maximum absolute atomic E-state index is 13.0. The number of ether oxygens (including phenoxy) is 2. The molecule has 3 aromatic carbocycles. The number of likely N-dealkylation sites (N-methyl/N-ethyl adjacent to an activating group) is 2. The number of nitrogens with zero attached hydrogens (tertiary/aromatic N) is 4. The van der Waals surface area contributed by atoms with Gasteiger partial charge in [-0.1, -0.05) is 30.3 Å². The molecule has 188 valence electrons. The predicted octanol–water partition coefficient (Wildman–Crippen LogP) is 3.19. The van der Waals surface area contributed by atoms with Crippen LogP contribution in [0.15, 0.2) is 70.0 Å². The quantitative estimate of drug-likeness (QED) is 0.337. The number of hydrogen-bond donors (Lipinski definition) is 0. The Morgan fingerprint density at radius 1 is 0.917 bits per heavy atom. The second kappa shape index (κ2) is 10.3. The van der Waals surface area contributed by atoms with Crippen LogP contribution >= 0.6 is 0 Å². The van der Waals surface area contributed by atoms with E-state index in [1.165, 1.54) is 25.1 Å². The number of methoxy groups -OCH3 is 2. The van der Waals surface area contributed by atoms with Gasteiger partial charge in [0, 0.05) is 19.7 Å². The van der Waals surface area contributed by atoms with Crippen molar-refractivity contribution in [2.45, 2.75) is 11.4 Å². The molecule has 36 heavy (non-hydrogen) atoms. The van der Waals surface area contributed by atoms with Crippen molar-refractivity contribution in [1.29, 1.82) is 0 Å². The van der Waals surface area contributed by atoms with Gasteiger partial charge in [0.15, 0.2) is 11.5 Å². The number of amides is 1. The Kier molecular flexibility index (Phi) is 7.22. The molecule has 1 heterocycles. The molecule has 1 aromatic heterocycles. The van der Waals surface area contributed by atoms with Crippen LogP contribution in [0, 0.1) is 0 Å². The van der Waals surface area contributed by atoms with Gasteiger partial charge in [0.2, 0.25) is 27.7 Å². The van der Waals surface area contributed by atoms with Crippen LogP contribution < -0.4 is 9.47 Å². The molecule has 10 nitrogen and oxygen atoms in total. The molecular weight excluding hydrogens is 484 g/mol. The second-order valence-corrected chi connectivity index (χ2v) is 10.1. The lowest BCUT2D eigenvalue weighted by Crippen LogP contribution is -2.39. The van der Waals surface area contributed by atoms with Gasteiger partial charge in [0.05, 0.1) is 32.2 Å². The zero-order chi connectivity index (χ0) is 25.9. The predicted molar refractivity (Wildman–Crippen MR) is 133 cm³/mol. The molecule has 0 fully saturated rings. The molecule has 0 aliphatic heterocycles. The van der Waals surface area contributed by atoms with Crippen LogP contribution in [-0.4, -0.2) is 68.6 Å². The van der Waals surface area contributed by atoms with Crippen molar-refractivity contribution >= 4 is 26.7 Å². The summed E-state index contributed by atoms with van der Waals surface area (Å²) >= 11 is 0. The highest BCUT2D eigenvalue weighted by atomic mass is 32.2. The number of rotatable bonds is 9. The minimum absolute atomic E-state index is 0.0169. The highest BCUT2D eigenvalue weighted by Crippen LogP contribution is 2.31. The molecule has 0 aliphatic carbocycles. The minimum Gasteiger partial charge on any atom is -0.493 e.